The van der Waals surface area contributed by atoms with E-state index in [-0.39, 0.29) is 6.42 Å². The summed E-state index contributed by atoms with van der Waals surface area (Å²) in [6.45, 7) is 4.71. The number of rotatable bonds is 13. The third kappa shape index (κ3) is 8.21. The van der Waals surface area contributed by atoms with E-state index in [1.165, 1.54) is 21.3 Å². The average Bonchev–Trinajstić information content (AvgIpc) is 2.48. The molecule has 22 heavy (non-hydrogen) atoms. The Balaban J connectivity index is 4.33. The van der Waals surface area contributed by atoms with Crippen LogP contribution in [0.1, 0.15) is 33.1 Å². The zero-order valence-corrected chi connectivity index (χ0v) is 15.3. The van der Waals surface area contributed by atoms with Crippen LogP contribution in [0.15, 0.2) is 0 Å². The van der Waals surface area contributed by atoms with Gasteiger partial charge < -0.3 is 23.5 Å². The van der Waals surface area contributed by atoms with Crippen LogP contribution in [0.3, 0.4) is 0 Å². The summed E-state index contributed by atoms with van der Waals surface area (Å²) in [6, 6.07) is 0.551. The second kappa shape index (κ2) is 11.1. The summed E-state index contributed by atoms with van der Waals surface area (Å²) in [4.78, 5) is 11.3. The van der Waals surface area contributed by atoms with Crippen molar-refractivity contribution >= 4 is 14.8 Å². The lowest BCUT2D eigenvalue weighted by Crippen LogP contribution is -2.42. The first kappa shape index (κ1) is 21.5. The average molecular weight is 337 g/mol. The lowest BCUT2D eigenvalue weighted by molar-refractivity contribution is -0.143. The van der Waals surface area contributed by atoms with Crippen molar-refractivity contribution < 1.29 is 28.3 Å². The molecule has 0 fully saturated rings. The van der Waals surface area contributed by atoms with Crippen LogP contribution in [0.5, 0.6) is 0 Å². The normalized spacial score (nSPS) is 15.0. The smallest absolute Gasteiger partial charge is 0.481 e. The lowest BCUT2D eigenvalue weighted by atomic mass is 9.99. The maximum Gasteiger partial charge on any atom is 0.500 e. The molecule has 0 bridgehead atoms. The van der Waals surface area contributed by atoms with Gasteiger partial charge >= 0.3 is 14.8 Å². The third-order valence-electron chi connectivity index (χ3n) is 3.59. The molecule has 0 aliphatic heterocycles. The molecule has 0 saturated carbocycles. The molecule has 132 valence electrons. The van der Waals surface area contributed by atoms with Crippen LogP contribution in [0, 0.1) is 11.8 Å². The van der Waals surface area contributed by atoms with Crippen molar-refractivity contribution in [3.05, 3.63) is 0 Å². The Hall–Kier alpha value is -0.513. The van der Waals surface area contributed by atoms with E-state index in [0.717, 1.165) is 0 Å². The number of carboxylic acids is 1. The number of aliphatic carboxylic acids is 1. The largest absolute Gasteiger partial charge is 0.500 e. The Bertz CT molecular complexity index is 303. The number of nitrogens with one attached hydrogen (secondary N) is 1. The Morgan fingerprint density at radius 3 is 2.14 bits per heavy atom. The molecule has 0 aliphatic carbocycles. The summed E-state index contributed by atoms with van der Waals surface area (Å²) in [6.07, 6.45) is 0.428. The summed E-state index contributed by atoms with van der Waals surface area (Å²) in [7, 11) is 1.95. The van der Waals surface area contributed by atoms with E-state index in [2.05, 4.69) is 5.32 Å². The zero-order valence-electron chi connectivity index (χ0n) is 14.3. The number of hydrogen-bond donors (Lipinski definition) is 3. The predicted octanol–water partition coefficient (Wildman–Crippen LogP) is 1.30. The summed E-state index contributed by atoms with van der Waals surface area (Å²) >= 11 is 0. The van der Waals surface area contributed by atoms with E-state index >= 15 is 0 Å². The fraction of sp³-hybridized carbons (Fsp3) is 0.929. The van der Waals surface area contributed by atoms with Gasteiger partial charge in [0.25, 0.3) is 0 Å². The molecule has 0 radical (unpaired) electrons. The molecule has 2 atom stereocenters. The van der Waals surface area contributed by atoms with Gasteiger partial charge in [0.15, 0.2) is 0 Å². The van der Waals surface area contributed by atoms with Crippen LogP contribution >= 0.6 is 0 Å². The van der Waals surface area contributed by atoms with Gasteiger partial charge in [-0.25, -0.2) is 0 Å². The second-order valence-corrected chi connectivity index (χ2v) is 8.87. The molecule has 3 N–H and O–H groups in total. The molecule has 0 aliphatic rings. The van der Waals surface area contributed by atoms with Crippen LogP contribution in [0.25, 0.3) is 0 Å². The first-order chi connectivity index (χ1) is 10.3. The molecular weight excluding hydrogens is 306 g/mol. The molecule has 0 aromatic carbocycles. The molecule has 2 unspecified atom stereocenters. The molecular formula is C14H31NO6Si. The van der Waals surface area contributed by atoms with Crippen molar-refractivity contribution in [3.8, 4) is 0 Å². The van der Waals surface area contributed by atoms with Gasteiger partial charge in [0, 0.05) is 27.4 Å². The van der Waals surface area contributed by atoms with E-state index in [0.29, 0.717) is 31.3 Å². The summed E-state index contributed by atoms with van der Waals surface area (Å²) in [5, 5.41) is 22.1. The van der Waals surface area contributed by atoms with Gasteiger partial charge in [0.05, 0.1) is 5.92 Å². The SMILES string of the molecule is CO[Si](CCCC(CC(O)NCC(C)C)C(=O)O)(OC)OC. The summed E-state index contributed by atoms with van der Waals surface area (Å²) < 4.78 is 15.9. The molecule has 0 rings (SSSR count). The Labute approximate surface area is 134 Å². The number of hydrogen-bond acceptors (Lipinski definition) is 6. The Morgan fingerprint density at radius 2 is 1.73 bits per heavy atom. The van der Waals surface area contributed by atoms with E-state index < -0.39 is 26.9 Å². The van der Waals surface area contributed by atoms with Gasteiger partial charge in [-0.05, 0) is 31.7 Å². The summed E-state index contributed by atoms with van der Waals surface area (Å²) in [5.74, 6) is -1.11. The number of carbonyl (C=O) groups is 1. The highest BCUT2D eigenvalue weighted by atomic mass is 28.4. The number of carboxylic acid groups (broad SMARTS) is 1. The van der Waals surface area contributed by atoms with Crippen molar-refractivity contribution in [2.75, 3.05) is 27.9 Å². The van der Waals surface area contributed by atoms with Crippen molar-refractivity contribution in [1.29, 1.82) is 0 Å². The van der Waals surface area contributed by atoms with Crippen LogP contribution in [-0.4, -0.2) is 59.1 Å². The van der Waals surface area contributed by atoms with Gasteiger partial charge in [-0.2, -0.15) is 0 Å². The number of aliphatic hydroxyl groups excluding tert-OH is 1. The van der Waals surface area contributed by atoms with Gasteiger partial charge in [-0.3, -0.25) is 10.1 Å². The van der Waals surface area contributed by atoms with E-state index in [4.69, 9.17) is 13.3 Å². The summed E-state index contributed by atoms with van der Waals surface area (Å²) in [5.41, 5.74) is 0. The third-order valence-corrected chi connectivity index (χ3v) is 6.42. The topological polar surface area (TPSA) is 97.3 Å². The van der Waals surface area contributed by atoms with Crippen molar-refractivity contribution in [3.63, 3.8) is 0 Å². The van der Waals surface area contributed by atoms with Crippen LogP contribution < -0.4 is 5.32 Å². The van der Waals surface area contributed by atoms with Gasteiger partial charge in [0.2, 0.25) is 0 Å². The van der Waals surface area contributed by atoms with E-state index in [9.17, 15) is 15.0 Å². The maximum atomic E-state index is 11.3. The lowest BCUT2D eigenvalue weighted by Gasteiger charge is -2.25. The Morgan fingerprint density at radius 1 is 1.18 bits per heavy atom. The quantitative estimate of drug-likeness (QED) is 0.344. The van der Waals surface area contributed by atoms with Crippen molar-refractivity contribution in [2.45, 2.75) is 45.4 Å². The van der Waals surface area contributed by atoms with E-state index in [1.54, 1.807) is 0 Å². The van der Waals surface area contributed by atoms with Crippen LogP contribution in [0.4, 0.5) is 0 Å². The highest BCUT2D eigenvalue weighted by molar-refractivity contribution is 6.60. The second-order valence-electron chi connectivity index (χ2n) is 5.78. The molecule has 0 spiro atoms. The standard InChI is InChI=1S/C14H31NO6Si/c1-11(2)10-15-13(16)9-12(14(17)18)7-6-8-22(19-3,20-4)21-5/h11-13,15-16H,6-10H2,1-5H3,(H,17,18). The zero-order chi connectivity index (χ0) is 17.2. The maximum absolute atomic E-state index is 11.3. The fourth-order valence-electron chi connectivity index (χ4n) is 2.19. The minimum atomic E-state index is -2.66. The molecule has 0 aromatic heterocycles. The van der Waals surface area contributed by atoms with Crippen molar-refractivity contribution in [2.24, 2.45) is 11.8 Å². The van der Waals surface area contributed by atoms with Gasteiger partial charge in [-0.15, -0.1) is 0 Å². The predicted molar refractivity (Wildman–Crippen MR) is 85.4 cm³/mol. The monoisotopic (exact) mass is 337 g/mol. The molecule has 0 heterocycles. The van der Waals surface area contributed by atoms with E-state index in [1.807, 2.05) is 13.8 Å². The molecule has 7 nitrogen and oxygen atoms in total. The van der Waals surface area contributed by atoms with Crippen LogP contribution in [0.2, 0.25) is 6.04 Å². The molecule has 0 amide bonds. The Kier molecular flexibility index (Phi) is 10.8. The highest BCUT2D eigenvalue weighted by Crippen LogP contribution is 2.21. The fourth-order valence-corrected chi connectivity index (χ4v) is 3.94. The minimum absolute atomic E-state index is 0.184. The van der Waals surface area contributed by atoms with Gasteiger partial charge in [0.1, 0.15) is 6.23 Å². The minimum Gasteiger partial charge on any atom is -0.481 e. The van der Waals surface area contributed by atoms with Crippen molar-refractivity contribution in [1.82, 2.24) is 5.32 Å². The molecule has 0 aromatic rings. The van der Waals surface area contributed by atoms with Gasteiger partial charge in [-0.1, -0.05) is 13.8 Å². The highest BCUT2D eigenvalue weighted by Gasteiger charge is 2.37. The number of aliphatic hydroxyl groups is 1. The first-order valence-corrected chi connectivity index (χ1v) is 9.53. The first-order valence-electron chi connectivity index (χ1n) is 7.60. The van der Waals surface area contributed by atoms with Crippen LogP contribution in [-0.2, 0) is 18.1 Å². The molecule has 0 saturated heterocycles. The molecule has 8 heteroatoms.